The predicted molar refractivity (Wildman–Crippen MR) is 91.6 cm³/mol. The van der Waals surface area contributed by atoms with Crippen molar-refractivity contribution >= 4 is 11.8 Å². The Bertz CT molecular complexity index is 443. The summed E-state index contributed by atoms with van der Waals surface area (Å²) in [5.74, 6) is 0.404. The molecule has 24 heavy (non-hydrogen) atoms. The Kier molecular flexibility index (Phi) is 6.11. The standard InChI is InChI=1S/C18H31N3O3/c1-2-15-6-3-4-8-21(15)17(22)14-19-9-11-20(12-10-19)18(23)16-7-5-13-24-16/h15-16H,2-14H2,1H3. The van der Waals surface area contributed by atoms with Crippen LogP contribution in [0.1, 0.15) is 45.4 Å². The van der Waals surface area contributed by atoms with E-state index in [0.717, 1.165) is 51.7 Å². The highest BCUT2D eigenvalue weighted by Crippen LogP contribution is 2.20. The van der Waals surface area contributed by atoms with Crippen molar-refractivity contribution in [2.75, 3.05) is 45.9 Å². The van der Waals surface area contributed by atoms with E-state index < -0.39 is 0 Å². The third-order valence-corrected chi connectivity index (χ3v) is 5.67. The lowest BCUT2D eigenvalue weighted by Crippen LogP contribution is -2.54. The van der Waals surface area contributed by atoms with Crippen molar-refractivity contribution in [3.8, 4) is 0 Å². The van der Waals surface area contributed by atoms with Crippen molar-refractivity contribution in [1.29, 1.82) is 0 Å². The molecule has 3 fully saturated rings. The van der Waals surface area contributed by atoms with Gasteiger partial charge in [-0.3, -0.25) is 14.5 Å². The molecular weight excluding hydrogens is 306 g/mol. The molecule has 2 unspecified atom stereocenters. The van der Waals surface area contributed by atoms with Crippen LogP contribution in [0.3, 0.4) is 0 Å². The van der Waals surface area contributed by atoms with E-state index in [4.69, 9.17) is 4.74 Å². The van der Waals surface area contributed by atoms with Gasteiger partial charge in [0, 0.05) is 45.4 Å². The molecule has 2 atom stereocenters. The molecule has 0 spiro atoms. The van der Waals surface area contributed by atoms with Crippen molar-refractivity contribution in [1.82, 2.24) is 14.7 Å². The van der Waals surface area contributed by atoms with E-state index in [0.29, 0.717) is 32.3 Å². The molecule has 0 aromatic heterocycles. The fraction of sp³-hybridized carbons (Fsp3) is 0.889. The van der Waals surface area contributed by atoms with Crippen molar-refractivity contribution in [3.63, 3.8) is 0 Å². The fourth-order valence-electron chi connectivity index (χ4n) is 4.14. The number of amides is 2. The lowest BCUT2D eigenvalue weighted by Gasteiger charge is -2.39. The smallest absolute Gasteiger partial charge is 0.251 e. The number of likely N-dealkylation sites (tertiary alicyclic amines) is 1. The molecule has 6 nitrogen and oxygen atoms in total. The van der Waals surface area contributed by atoms with Gasteiger partial charge in [-0.1, -0.05) is 6.92 Å². The monoisotopic (exact) mass is 337 g/mol. The Balaban J connectivity index is 1.44. The van der Waals surface area contributed by atoms with E-state index in [1.165, 1.54) is 6.42 Å². The van der Waals surface area contributed by atoms with Crippen LogP contribution in [-0.2, 0) is 14.3 Å². The normalized spacial score (nSPS) is 29.0. The highest BCUT2D eigenvalue weighted by molar-refractivity contribution is 5.81. The summed E-state index contributed by atoms with van der Waals surface area (Å²) < 4.78 is 5.50. The van der Waals surface area contributed by atoms with Crippen molar-refractivity contribution in [2.24, 2.45) is 0 Å². The minimum absolute atomic E-state index is 0.139. The van der Waals surface area contributed by atoms with E-state index >= 15 is 0 Å². The van der Waals surface area contributed by atoms with Gasteiger partial charge in [0.2, 0.25) is 5.91 Å². The van der Waals surface area contributed by atoms with Gasteiger partial charge in [0.1, 0.15) is 6.10 Å². The zero-order valence-electron chi connectivity index (χ0n) is 14.9. The third-order valence-electron chi connectivity index (χ3n) is 5.67. The summed E-state index contributed by atoms with van der Waals surface area (Å²) in [7, 11) is 0. The minimum Gasteiger partial charge on any atom is -0.368 e. The number of rotatable bonds is 4. The van der Waals surface area contributed by atoms with E-state index in [-0.39, 0.29) is 17.9 Å². The first-order chi connectivity index (χ1) is 11.7. The largest absolute Gasteiger partial charge is 0.368 e. The fourth-order valence-corrected chi connectivity index (χ4v) is 4.14. The molecule has 0 radical (unpaired) electrons. The summed E-state index contributed by atoms with van der Waals surface area (Å²) >= 11 is 0. The molecule has 136 valence electrons. The highest BCUT2D eigenvalue weighted by Gasteiger charge is 2.32. The maximum Gasteiger partial charge on any atom is 0.251 e. The van der Waals surface area contributed by atoms with Crippen molar-refractivity contribution in [2.45, 2.75) is 57.6 Å². The van der Waals surface area contributed by atoms with E-state index in [1.807, 2.05) is 4.90 Å². The zero-order chi connectivity index (χ0) is 16.9. The maximum absolute atomic E-state index is 12.6. The lowest BCUT2D eigenvalue weighted by molar-refractivity contribution is -0.143. The third kappa shape index (κ3) is 4.09. The molecule has 3 aliphatic heterocycles. The molecule has 3 aliphatic rings. The van der Waals surface area contributed by atoms with Crippen molar-refractivity contribution < 1.29 is 14.3 Å². The number of hydrogen-bond donors (Lipinski definition) is 0. The van der Waals surface area contributed by atoms with Crippen LogP contribution in [0.4, 0.5) is 0 Å². The summed E-state index contributed by atoms with van der Waals surface area (Å²) in [6.07, 6.45) is 6.18. The van der Waals surface area contributed by atoms with Crippen LogP contribution < -0.4 is 0 Å². The second-order valence-electron chi connectivity index (χ2n) is 7.25. The SMILES string of the molecule is CCC1CCCCN1C(=O)CN1CCN(C(=O)C2CCCO2)CC1. The quantitative estimate of drug-likeness (QED) is 0.771. The Morgan fingerprint density at radius 2 is 1.79 bits per heavy atom. The number of carbonyl (C=O) groups is 2. The number of ether oxygens (including phenoxy) is 1. The maximum atomic E-state index is 12.6. The van der Waals surface area contributed by atoms with E-state index in [9.17, 15) is 9.59 Å². The highest BCUT2D eigenvalue weighted by atomic mass is 16.5. The molecular formula is C18H31N3O3. The molecule has 0 bridgehead atoms. The topological polar surface area (TPSA) is 53.1 Å². The Morgan fingerprint density at radius 3 is 2.46 bits per heavy atom. The first-order valence-electron chi connectivity index (χ1n) is 9.61. The van der Waals surface area contributed by atoms with Gasteiger partial charge in [-0.2, -0.15) is 0 Å². The van der Waals surface area contributed by atoms with Gasteiger partial charge < -0.3 is 14.5 Å². The molecule has 2 amide bonds. The van der Waals surface area contributed by atoms with Crippen molar-refractivity contribution in [3.05, 3.63) is 0 Å². The summed E-state index contributed by atoms with van der Waals surface area (Å²) in [5, 5.41) is 0. The van der Waals surface area contributed by atoms with Crippen LogP contribution in [0, 0.1) is 0 Å². The van der Waals surface area contributed by atoms with Gasteiger partial charge in [-0.15, -0.1) is 0 Å². The van der Waals surface area contributed by atoms with Gasteiger partial charge in [0.25, 0.3) is 5.91 Å². The number of carbonyl (C=O) groups excluding carboxylic acids is 2. The molecule has 0 saturated carbocycles. The van der Waals surface area contributed by atoms with Crippen LogP contribution in [0.15, 0.2) is 0 Å². The van der Waals surface area contributed by atoms with Crippen LogP contribution in [0.25, 0.3) is 0 Å². The molecule has 0 aromatic carbocycles. The number of hydrogen-bond acceptors (Lipinski definition) is 4. The van der Waals surface area contributed by atoms with Crippen LogP contribution >= 0.6 is 0 Å². The summed E-state index contributed by atoms with van der Waals surface area (Å²) in [4.78, 5) is 31.2. The number of nitrogens with zero attached hydrogens (tertiary/aromatic N) is 3. The lowest BCUT2D eigenvalue weighted by atomic mass is 10.00. The Labute approximate surface area is 145 Å². The van der Waals surface area contributed by atoms with Gasteiger partial charge >= 0.3 is 0 Å². The number of piperazine rings is 1. The van der Waals surface area contributed by atoms with E-state index in [2.05, 4.69) is 16.7 Å². The molecule has 6 heteroatoms. The van der Waals surface area contributed by atoms with Crippen LogP contribution in [0.2, 0.25) is 0 Å². The van der Waals surface area contributed by atoms with Gasteiger partial charge in [0.15, 0.2) is 0 Å². The first kappa shape index (κ1) is 17.7. The van der Waals surface area contributed by atoms with E-state index in [1.54, 1.807) is 0 Å². The van der Waals surface area contributed by atoms with Crippen LogP contribution in [-0.4, -0.2) is 84.5 Å². The minimum atomic E-state index is -0.225. The summed E-state index contributed by atoms with van der Waals surface area (Å²) in [6, 6.07) is 0.425. The average Bonchev–Trinajstić information content (AvgIpc) is 3.16. The predicted octanol–water partition coefficient (Wildman–Crippen LogP) is 1.10. The first-order valence-corrected chi connectivity index (χ1v) is 9.61. The average molecular weight is 337 g/mol. The molecule has 0 N–H and O–H groups in total. The molecule has 0 aromatic rings. The zero-order valence-corrected chi connectivity index (χ0v) is 14.9. The Hall–Kier alpha value is -1.14. The summed E-state index contributed by atoms with van der Waals surface area (Å²) in [5.41, 5.74) is 0. The second-order valence-corrected chi connectivity index (χ2v) is 7.25. The molecule has 3 rings (SSSR count). The molecule has 0 aliphatic carbocycles. The number of piperidine rings is 1. The van der Waals surface area contributed by atoms with Gasteiger partial charge in [-0.25, -0.2) is 0 Å². The Morgan fingerprint density at radius 1 is 1.00 bits per heavy atom. The van der Waals surface area contributed by atoms with Gasteiger partial charge in [-0.05, 0) is 38.5 Å². The summed E-state index contributed by atoms with van der Waals surface area (Å²) in [6.45, 7) is 7.29. The molecule has 3 heterocycles. The molecule has 3 saturated heterocycles. The van der Waals surface area contributed by atoms with Gasteiger partial charge in [0.05, 0.1) is 6.54 Å². The second kappa shape index (κ2) is 8.30. The van der Waals surface area contributed by atoms with Crippen LogP contribution in [0.5, 0.6) is 0 Å².